The topological polar surface area (TPSA) is 38.2 Å². The van der Waals surface area contributed by atoms with Gasteiger partial charge in [0.05, 0.1) is 11.1 Å². The molecule has 1 unspecified atom stereocenters. The monoisotopic (exact) mass is 339 g/mol. The maximum absolute atomic E-state index is 5.96. The van der Waals surface area contributed by atoms with Crippen molar-refractivity contribution in [2.24, 2.45) is 0 Å². The fourth-order valence-electron chi connectivity index (χ4n) is 1.70. The van der Waals surface area contributed by atoms with E-state index in [2.05, 4.69) is 37.7 Å². The quantitative estimate of drug-likeness (QED) is 0.776. The van der Waals surface area contributed by atoms with Crippen molar-refractivity contribution in [2.75, 3.05) is 26.2 Å². The molecule has 1 aliphatic heterocycles. The van der Waals surface area contributed by atoms with Crippen molar-refractivity contribution in [2.45, 2.75) is 13.0 Å². The Bertz CT molecular complexity index is 396. The van der Waals surface area contributed by atoms with E-state index in [1.165, 1.54) is 0 Å². The smallest absolute Gasteiger partial charge is 0.161 e. The summed E-state index contributed by atoms with van der Waals surface area (Å²) in [5.41, 5.74) is 0. The lowest BCUT2D eigenvalue weighted by Gasteiger charge is -2.31. The summed E-state index contributed by atoms with van der Waals surface area (Å²) in [6.45, 7) is 5.48. The van der Waals surface area contributed by atoms with Crippen molar-refractivity contribution in [3.05, 3.63) is 20.6 Å². The summed E-state index contributed by atoms with van der Waals surface area (Å²) in [7, 11) is 0. The molecule has 1 fully saturated rings. The van der Waals surface area contributed by atoms with Gasteiger partial charge in [0.15, 0.2) is 5.82 Å². The Balaban J connectivity index is 2.22. The summed E-state index contributed by atoms with van der Waals surface area (Å²) in [5.74, 6) is 0.543. The lowest BCUT2D eigenvalue weighted by molar-refractivity contribution is -0.0325. The third kappa shape index (κ3) is 3.09. The van der Waals surface area contributed by atoms with Gasteiger partial charge in [0, 0.05) is 13.1 Å². The highest BCUT2D eigenvalue weighted by Crippen LogP contribution is 2.29. The van der Waals surface area contributed by atoms with Gasteiger partial charge in [-0.2, -0.15) is 0 Å². The van der Waals surface area contributed by atoms with Crippen molar-refractivity contribution < 1.29 is 4.74 Å². The molecule has 0 saturated carbocycles. The minimum atomic E-state index is -0.160. The van der Waals surface area contributed by atoms with Crippen LogP contribution in [0.15, 0.2) is 4.47 Å². The molecular formula is C10H12BrCl2N3O. The summed E-state index contributed by atoms with van der Waals surface area (Å²) < 4.78 is 6.17. The van der Waals surface area contributed by atoms with Crippen LogP contribution in [0.2, 0.25) is 10.3 Å². The highest BCUT2D eigenvalue weighted by Gasteiger charge is 2.24. The van der Waals surface area contributed by atoms with Gasteiger partial charge in [-0.1, -0.05) is 30.1 Å². The molecule has 0 spiro atoms. The lowest BCUT2D eigenvalue weighted by atomic mass is 10.2. The van der Waals surface area contributed by atoms with Crippen LogP contribution in [0.25, 0.3) is 0 Å². The molecular weight excluding hydrogens is 329 g/mol. The van der Waals surface area contributed by atoms with Gasteiger partial charge in [-0.15, -0.1) is 0 Å². The Labute approximate surface area is 118 Å². The first kappa shape index (κ1) is 13.5. The third-order valence-electron chi connectivity index (χ3n) is 2.67. The van der Waals surface area contributed by atoms with E-state index in [9.17, 15) is 0 Å². The van der Waals surface area contributed by atoms with E-state index in [0.717, 1.165) is 19.6 Å². The molecule has 1 atom stereocenters. The average Bonchev–Trinajstić information content (AvgIpc) is 2.35. The molecule has 1 aromatic heterocycles. The number of ether oxygens (including phenoxy) is 1. The van der Waals surface area contributed by atoms with Gasteiger partial charge in [0.1, 0.15) is 16.4 Å². The summed E-state index contributed by atoms with van der Waals surface area (Å²) in [6.07, 6.45) is -0.160. The number of aromatic nitrogens is 2. The summed E-state index contributed by atoms with van der Waals surface area (Å²) in [5, 5.41) is 0.634. The van der Waals surface area contributed by atoms with Crippen LogP contribution in [-0.4, -0.2) is 41.1 Å². The van der Waals surface area contributed by atoms with Gasteiger partial charge in [-0.3, -0.25) is 4.90 Å². The van der Waals surface area contributed by atoms with Crippen molar-refractivity contribution in [3.8, 4) is 0 Å². The number of morpholine rings is 1. The summed E-state index contributed by atoms with van der Waals surface area (Å²) >= 11 is 15.1. The zero-order chi connectivity index (χ0) is 12.4. The highest BCUT2D eigenvalue weighted by molar-refractivity contribution is 9.10. The third-order valence-corrected chi connectivity index (χ3v) is 4.43. The van der Waals surface area contributed by atoms with Crippen LogP contribution in [0.1, 0.15) is 18.9 Å². The van der Waals surface area contributed by atoms with Crippen LogP contribution in [0.4, 0.5) is 0 Å². The highest BCUT2D eigenvalue weighted by atomic mass is 79.9. The van der Waals surface area contributed by atoms with E-state index >= 15 is 0 Å². The summed E-state index contributed by atoms with van der Waals surface area (Å²) in [6, 6.07) is 0. The van der Waals surface area contributed by atoms with Gasteiger partial charge in [0.25, 0.3) is 0 Å². The largest absolute Gasteiger partial charge is 0.368 e. The zero-order valence-electron chi connectivity index (χ0n) is 9.29. The van der Waals surface area contributed by atoms with Crippen molar-refractivity contribution in [1.29, 1.82) is 0 Å². The molecule has 1 aromatic rings. The zero-order valence-corrected chi connectivity index (χ0v) is 12.4. The van der Waals surface area contributed by atoms with Crippen LogP contribution < -0.4 is 0 Å². The normalized spacial score (nSPS) is 21.8. The Kier molecular flexibility index (Phi) is 4.60. The maximum atomic E-state index is 5.96. The fraction of sp³-hybridized carbons (Fsp3) is 0.600. The van der Waals surface area contributed by atoms with E-state index in [1.807, 2.05) is 0 Å². The molecule has 2 heterocycles. The second-order valence-electron chi connectivity index (χ2n) is 3.73. The first-order valence-corrected chi connectivity index (χ1v) is 6.89. The molecule has 0 amide bonds. The van der Waals surface area contributed by atoms with Gasteiger partial charge in [0.2, 0.25) is 0 Å². The lowest BCUT2D eigenvalue weighted by Crippen LogP contribution is -2.38. The molecule has 2 rings (SSSR count). The van der Waals surface area contributed by atoms with Gasteiger partial charge in [-0.25, -0.2) is 9.97 Å². The molecule has 0 N–H and O–H groups in total. The van der Waals surface area contributed by atoms with Gasteiger partial charge >= 0.3 is 0 Å². The Hall–Kier alpha value is 0.0600. The minimum absolute atomic E-state index is 0.160. The predicted molar refractivity (Wildman–Crippen MR) is 70.6 cm³/mol. The van der Waals surface area contributed by atoms with Crippen molar-refractivity contribution >= 4 is 39.1 Å². The molecule has 0 aliphatic carbocycles. The standard InChI is InChI=1S/C10H12BrCl2N3O/c1-2-16-3-4-17-6(5-16)10-14-8(12)7(11)9(13)15-10/h6H,2-5H2,1H3. The first-order chi connectivity index (χ1) is 8.11. The van der Waals surface area contributed by atoms with Crippen LogP contribution in [-0.2, 0) is 4.74 Å². The molecule has 0 bridgehead atoms. The molecule has 0 aromatic carbocycles. The Morgan fingerprint density at radius 2 is 2.06 bits per heavy atom. The molecule has 1 saturated heterocycles. The molecule has 7 heteroatoms. The molecule has 4 nitrogen and oxygen atoms in total. The van der Waals surface area contributed by atoms with E-state index < -0.39 is 0 Å². The number of halogens is 3. The Morgan fingerprint density at radius 1 is 1.41 bits per heavy atom. The van der Waals surface area contributed by atoms with Gasteiger partial charge < -0.3 is 4.74 Å². The fourth-order valence-corrected chi connectivity index (χ4v) is 2.28. The van der Waals surface area contributed by atoms with E-state index in [4.69, 9.17) is 27.9 Å². The minimum Gasteiger partial charge on any atom is -0.368 e. The van der Waals surface area contributed by atoms with Crippen LogP contribution >= 0.6 is 39.1 Å². The average molecular weight is 341 g/mol. The Morgan fingerprint density at radius 3 is 2.65 bits per heavy atom. The number of hydrogen-bond acceptors (Lipinski definition) is 4. The van der Waals surface area contributed by atoms with Crippen molar-refractivity contribution in [3.63, 3.8) is 0 Å². The number of likely N-dealkylation sites (N-methyl/N-ethyl adjacent to an activating group) is 1. The number of hydrogen-bond donors (Lipinski definition) is 0. The van der Waals surface area contributed by atoms with Crippen molar-refractivity contribution in [1.82, 2.24) is 14.9 Å². The molecule has 0 radical (unpaired) electrons. The second-order valence-corrected chi connectivity index (χ2v) is 5.24. The first-order valence-electron chi connectivity index (χ1n) is 5.34. The van der Waals surface area contributed by atoms with E-state index in [-0.39, 0.29) is 6.10 Å². The van der Waals surface area contributed by atoms with Gasteiger partial charge in [-0.05, 0) is 22.5 Å². The second kappa shape index (κ2) is 5.80. The molecule has 94 valence electrons. The predicted octanol–water partition coefficient (Wildman–Crippen LogP) is 2.94. The van der Waals surface area contributed by atoms with Crippen LogP contribution in [0.3, 0.4) is 0 Å². The summed E-state index contributed by atoms with van der Waals surface area (Å²) in [4.78, 5) is 10.7. The van der Waals surface area contributed by atoms with Crippen LogP contribution in [0, 0.1) is 0 Å². The maximum Gasteiger partial charge on any atom is 0.161 e. The van der Waals surface area contributed by atoms with Crippen LogP contribution in [0.5, 0.6) is 0 Å². The molecule has 17 heavy (non-hydrogen) atoms. The van der Waals surface area contributed by atoms with E-state index in [1.54, 1.807) is 0 Å². The molecule has 1 aliphatic rings. The number of nitrogens with zero attached hydrogens (tertiary/aromatic N) is 3. The SMILES string of the molecule is CCN1CCOC(c2nc(Cl)c(Br)c(Cl)n2)C1. The number of rotatable bonds is 2. The van der Waals surface area contributed by atoms with E-state index in [0.29, 0.717) is 27.2 Å².